The first-order chi connectivity index (χ1) is 4.55. The fourth-order valence-corrected chi connectivity index (χ4v) is 3.14. The number of rotatable bonds is 0. The third-order valence-electron chi connectivity index (χ3n) is 2.06. The van der Waals surface area contributed by atoms with E-state index in [0.717, 1.165) is 19.3 Å². The van der Waals surface area contributed by atoms with Crippen LogP contribution in [0, 0.1) is 0 Å². The molecule has 1 nitrogen and oxygen atoms in total. The average molecular weight is 246 g/mol. The summed E-state index contributed by atoms with van der Waals surface area (Å²) in [5.41, 5.74) is 0. The first-order valence-electron chi connectivity index (χ1n) is 3.29. The molecule has 1 aliphatic carbocycles. The second-order valence-corrected chi connectivity index (χ2v) is 6.08. The molecule has 0 aromatic heterocycles. The first kappa shape index (κ1) is 7.66. The van der Waals surface area contributed by atoms with E-state index in [-0.39, 0.29) is 6.10 Å². The highest BCUT2D eigenvalue weighted by Crippen LogP contribution is 2.59. The molecule has 1 saturated carbocycles. The standard InChI is InChI=1S/C6H7BrCl2O/c7-5(8)2-1-3-6(9)4(5)10-6/h4H,1-3H2/t4-,5+,6+/m0/s1. The van der Waals surface area contributed by atoms with Crippen LogP contribution in [0.25, 0.3) is 0 Å². The van der Waals surface area contributed by atoms with E-state index in [0.29, 0.717) is 0 Å². The molecule has 1 aliphatic heterocycles. The maximum atomic E-state index is 6.06. The molecule has 10 heavy (non-hydrogen) atoms. The van der Waals surface area contributed by atoms with Gasteiger partial charge in [0.25, 0.3) is 0 Å². The molecule has 0 spiro atoms. The Morgan fingerprint density at radius 1 is 1.40 bits per heavy atom. The lowest BCUT2D eigenvalue weighted by Gasteiger charge is -2.22. The molecular formula is C6H7BrCl2O. The van der Waals surface area contributed by atoms with Crippen LogP contribution in [0.5, 0.6) is 0 Å². The Hall–Kier alpha value is 1.02. The summed E-state index contributed by atoms with van der Waals surface area (Å²) < 4.78 is 4.87. The fraction of sp³-hybridized carbons (Fsp3) is 1.00. The minimum Gasteiger partial charge on any atom is -0.347 e. The van der Waals surface area contributed by atoms with Crippen molar-refractivity contribution in [3.05, 3.63) is 0 Å². The van der Waals surface area contributed by atoms with Crippen molar-refractivity contribution in [1.29, 1.82) is 0 Å². The Balaban J connectivity index is 2.16. The molecular weight excluding hydrogens is 239 g/mol. The van der Waals surface area contributed by atoms with Crippen LogP contribution in [0.1, 0.15) is 19.3 Å². The van der Waals surface area contributed by atoms with E-state index >= 15 is 0 Å². The highest BCUT2D eigenvalue weighted by Gasteiger charge is 2.66. The Morgan fingerprint density at radius 3 is 2.60 bits per heavy atom. The zero-order valence-electron chi connectivity index (χ0n) is 5.24. The highest BCUT2D eigenvalue weighted by molar-refractivity contribution is 9.10. The molecule has 0 N–H and O–H groups in total. The fourth-order valence-electron chi connectivity index (χ4n) is 1.45. The number of alkyl halides is 3. The van der Waals surface area contributed by atoms with Gasteiger partial charge in [-0.1, -0.05) is 27.5 Å². The molecule has 1 heterocycles. The zero-order chi connectivity index (χ0) is 7.41. The molecule has 0 unspecified atom stereocenters. The molecule has 1 saturated heterocycles. The van der Waals surface area contributed by atoms with E-state index in [4.69, 9.17) is 27.9 Å². The van der Waals surface area contributed by atoms with Crippen LogP contribution in [-0.4, -0.2) is 14.9 Å². The van der Waals surface area contributed by atoms with Gasteiger partial charge in [-0.05, 0) is 19.3 Å². The summed E-state index contributed by atoms with van der Waals surface area (Å²) in [6.07, 6.45) is 2.92. The quantitative estimate of drug-likeness (QED) is 0.473. The molecule has 2 aliphatic rings. The van der Waals surface area contributed by atoms with Crippen molar-refractivity contribution < 1.29 is 4.74 Å². The maximum Gasteiger partial charge on any atom is 0.171 e. The van der Waals surface area contributed by atoms with Crippen LogP contribution in [0.2, 0.25) is 0 Å². The second-order valence-electron chi connectivity index (χ2n) is 2.90. The zero-order valence-corrected chi connectivity index (χ0v) is 8.34. The van der Waals surface area contributed by atoms with Crippen molar-refractivity contribution in [3.63, 3.8) is 0 Å². The summed E-state index contributed by atoms with van der Waals surface area (Å²) in [6.45, 7) is 0. The molecule has 0 aromatic rings. The first-order valence-corrected chi connectivity index (χ1v) is 4.84. The van der Waals surface area contributed by atoms with E-state index in [1.54, 1.807) is 0 Å². The van der Waals surface area contributed by atoms with E-state index in [1.807, 2.05) is 0 Å². The Kier molecular flexibility index (Phi) is 1.56. The highest BCUT2D eigenvalue weighted by atomic mass is 79.9. The van der Waals surface area contributed by atoms with Gasteiger partial charge in [-0.2, -0.15) is 0 Å². The van der Waals surface area contributed by atoms with Gasteiger partial charge in [0.15, 0.2) is 5.06 Å². The smallest absolute Gasteiger partial charge is 0.171 e. The number of epoxide rings is 1. The van der Waals surface area contributed by atoms with Gasteiger partial charge in [0.2, 0.25) is 0 Å². The van der Waals surface area contributed by atoms with Gasteiger partial charge in [-0.3, -0.25) is 0 Å². The van der Waals surface area contributed by atoms with Crippen LogP contribution < -0.4 is 0 Å². The summed E-state index contributed by atoms with van der Waals surface area (Å²) in [7, 11) is 0. The Labute approximate surface area is 78.1 Å². The lowest BCUT2D eigenvalue weighted by molar-refractivity contribution is 0.351. The summed E-state index contributed by atoms with van der Waals surface area (Å²) in [5.74, 6) is 0. The van der Waals surface area contributed by atoms with Gasteiger partial charge in [0.05, 0.1) is 0 Å². The summed E-state index contributed by atoms with van der Waals surface area (Å²) in [4.78, 5) is 0. The largest absolute Gasteiger partial charge is 0.347 e. The SMILES string of the molecule is Cl[C@]1(Br)CCC[C@@]2(Cl)O[C@@H]12. The van der Waals surface area contributed by atoms with E-state index in [2.05, 4.69) is 15.9 Å². The number of ether oxygens (including phenoxy) is 1. The summed E-state index contributed by atoms with van der Waals surface area (Å²) in [5, 5.41) is -0.427. The third kappa shape index (κ3) is 1.01. The molecule has 3 atom stereocenters. The molecule has 58 valence electrons. The number of fused-ring (bicyclic) bond motifs is 1. The van der Waals surface area contributed by atoms with Crippen molar-refractivity contribution in [2.24, 2.45) is 0 Å². The van der Waals surface area contributed by atoms with Crippen LogP contribution in [-0.2, 0) is 4.74 Å². The predicted octanol–water partition coefficient (Wildman–Crippen LogP) is 2.83. The van der Waals surface area contributed by atoms with Crippen molar-refractivity contribution >= 4 is 39.1 Å². The monoisotopic (exact) mass is 244 g/mol. The third-order valence-corrected chi connectivity index (χ3v) is 3.74. The van der Waals surface area contributed by atoms with Crippen molar-refractivity contribution in [3.8, 4) is 0 Å². The molecule has 0 aromatic carbocycles. The Bertz CT molecular complexity index is 173. The van der Waals surface area contributed by atoms with E-state index < -0.39 is 8.84 Å². The van der Waals surface area contributed by atoms with Gasteiger partial charge >= 0.3 is 0 Å². The van der Waals surface area contributed by atoms with Crippen LogP contribution in [0.3, 0.4) is 0 Å². The molecule has 0 bridgehead atoms. The molecule has 2 fully saturated rings. The minimum absolute atomic E-state index is 0.0112. The number of hydrogen-bond acceptors (Lipinski definition) is 1. The van der Waals surface area contributed by atoms with Crippen molar-refractivity contribution in [2.75, 3.05) is 0 Å². The molecule has 4 heteroatoms. The van der Waals surface area contributed by atoms with Gasteiger partial charge < -0.3 is 4.74 Å². The summed E-state index contributed by atoms with van der Waals surface area (Å²) >= 11 is 15.4. The normalized spacial score (nSPS) is 59.7. The van der Waals surface area contributed by atoms with E-state index in [9.17, 15) is 0 Å². The van der Waals surface area contributed by atoms with Crippen LogP contribution in [0.15, 0.2) is 0 Å². The predicted molar refractivity (Wildman–Crippen MR) is 44.8 cm³/mol. The lowest BCUT2D eigenvalue weighted by Crippen LogP contribution is -2.30. The topological polar surface area (TPSA) is 12.5 Å². The van der Waals surface area contributed by atoms with Crippen LogP contribution >= 0.6 is 39.1 Å². The number of halogens is 3. The number of hydrogen-bond donors (Lipinski definition) is 0. The average Bonchev–Trinajstić information content (AvgIpc) is 2.41. The molecule has 0 radical (unpaired) electrons. The lowest BCUT2D eigenvalue weighted by atomic mass is 10.00. The van der Waals surface area contributed by atoms with Gasteiger partial charge in [-0.25, -0.2) is 0 Å². The molecule has 2 rings (SSSR count). The second kappa shape index (κ2) is 2.03. The van der Waals surface area contributed by atoms with Crippen molar-refractivity contribution in [1.82, 2.24) is 0 Å². The van der Waals surface area contributed by atoms with Crippen molar-refractivity contribution in [2.45, 2.75) is 34.2 Å². The van der Waals surface area contributed by atoms with Crippen LogP contribution in [0.4, 0.5) is 0 Å². The van der Waals surface area contributed by atoms with Gasteiger partial charge in [-0.15, -0.1) is 11.6 Å². The Morgan fingerprint density at radius 2 is 2.10 bits per heavy atom. The molecule has 0 amide bonds. The minimum atomic E-state index is -0.427. The summed E-state index contributed by atoms with van der Waals surface area (Å²) in [6, 6.07) is 0. The van der Waals surface area contributed by atoms with Gasteiger partial charge in [0.1, 0.15) is 9.89 Å². The van der Waals surface area contributed by atoms with E-state index in [1.165, 1.54) is 0 Å². The van der Waals surface area contributed by atoms with Gasteiger partial charge in [0, 0.05) is 0 Å². The maximum absolute atomic E-state index is 6.06.